The summed E-state index contributed by atoms with van der Waals surface area (Å²) >= 11 is 0. The number of pyridine rings is 1. The number of hydrogen-bond acceptors (Lipinski definition) is 3. The molecule has 4 rings (SSSR count). The van der Waals surface area contributed by atoms with E-state index in [1.165, 1.54) is 6.07 Å². The first-order chi connectivity index (χ1) is 11.6. The molecule has 0 spiro atoms. The van der Waals surface area contributed by atoms with Crippen LogP contribution in [0.3, 0.4) is 0 Å². The maximum Gasteiger partial charge on any atom is 0.148 e. The van der Waals surface area contributed by atoms with E-state index in [9.17, 15) is 4.39 Å². The summed E-state index contributed by atoms with van der Waals surface area (Å²) in [6, 6.07) is 7.19. The Hall–Kier alpha value is -3.33. The minimum absolute atomic E-state index is 0.308. The molecule has 0 fully saturated rings. The monoisotopic (exact) mass is 319 g/mol. The second-order valence-corrected chi connectivity index (χ2v) is 5.56. The molecule has 0 atom stereocenters. The molecule has 0 amide bonds. The molecule has 0 aliphatic heterocycles. The first kappa shape index (κ1) is 14.3. The summed E-state index contributed by atoms with van der Waals surface area (Å²) in [5.74, 6) is 3.05. The third-order valence-corrected chi connectivity index (χ3v) is 4.19. The predicted octanol–water partition coefficient (Wildman–Crippen LogP) is 3.35. The van der Waals surface area contributed by atoms with E-state index in [4.69, 9.17) is 6.42 Å². The fourth-order valence-electron chi connectivity index (χ4n) is 2.99. The van der Waals surface area contributed by atoms with Gasteiger partial charge >= 0.3 is 0 Å². The molecule has 6 heteroatoms. The van der Waals surface area contributed by atoms with Crippen molar-refractivity contribution in [3.8, 4) is 23.5 Å². The van der Waals surface area contributed by atoms with E-state index in [-0.39, 0.29) is 5.82 Å². The number of hydrogen-bond donors (Lipinski definition) is 2. The van der Waals surface area contributed by atoms with Crippen molar-refractivity contribution in [3.05, 3.63) is 47.5 Å². The third-order valence-electron chi connectivity index (χ3n) is 4.19. The van der Waals surface area contributed by atoms with Gasteiger partial charge in [-0.3, -0.25) is 5.10 Å². The van der Waals surface area contributed by atoms with Crippen molar-refractivity contribution >= 4 is 22.2 Å². The zero-order valence-corrected chi connectivity index (χ0v) is 13.2. The number of benzene rings is 1. The van der Waals surface area contributed by atoms with Gasteiger partial charge in [0.25, 0.3) is 0 Å². The Bertz CT molecular complexity index is 1130. The van der Waals surface area contributed by atoms with Crippen molar-refractivity contribution in [1.29, 1.82) is 0 Å². The SMILES string of the molecule is C#Cc1[nH]nc2cc(F)c(C)c(-c3ccn4nc(NC)cc4c3)c12. The van der Waals surface area contributed by atoms with E-state index >= 15 is 0 Å². The lowest BCUT2D eigenvalue weighted by molar-refractivity contribution is 0.621. The molecule has 2 N–H and O–H groups in total. The zero-order valence-electron chi connectivity index (χ0n) is 13.2. The minimum Gasteiger partial charge on any atom is -0.372 e. The number of rotatable bonds is 2. The molecule has 0 radical (unpaired) electrons. The van der Waals surface area contributed by atoms with Crippen molar-refractivity contribution in [2.45, 2.75) is 6.92 Å². The van der Waals surface area contributed by atoms with Crippen LogP contribution in [0.4, 0.5) is 10.2 Å². The Morgan fingerprint density at radius 2 is 2.17 bits per heavy atom. The molecule has 24 heavy (non-hydrogen) atoms. The summed E-state index contributed by atoms with van der Waals surface area (Å²) in [7, 11) is 1.81. The Morgan fingerprint density at radius 3 is 2.92 bits per heavy atom. The third kappa shape index (κ3) is 1.95. The highest BCUT2D eigenvalue weighted by Gasteiger charge is 2.17. The van der Waals surface area contributed by atoms with Crippen molar-refractivity contribution in [1.82, 2.24) is 19.8 Å². The molecule has 0 saturated carbocycles. The lowest BCUT2D eigenvalue weighted by Crippen LogP contribution is -1.93. The van der Waals surface area contributed by atoms with Gasteiger partial charge < -0.3 is 5.32 Å². The summed E-state index contributed by atoms with van der Waals surface area (Å²) in [5.41, 5.74) is 4.13. The van der Waals surface area contributed by atoms with Gasteiger partial charge in [-0.1, -0.05) is 5.92 Å². The summed E-state index contributed by atoms with van der Waals surface area (Å²) in [6.45, 7) is 1.75. The molecule has 3 heterocycles. The summed E-state index contributed by atoms with van der Waals surface area (Å²) in [4.78, 5) is 0. The maximum absolute atomic E-state index is 14.3. The van der Waals surface area contributed by atoms with E-state index in [1.54, 1.807) is 11.4 Å². The van der Waals surface area contributed by atoms with Crippen molar-refractivity contribution in [3.63, 3.8) is 0 Å². The largest absolute Gasteiger partial charge is 0.372 e. The van der Waals surface area contributed by atoms with E-state index in [0.717, 1.165) is 27.8 Å². The van der Waals surface area contributed by atoms with Crippen molar-refractivity contribution in [2.75, 3.05) is 12.4 Å². The molecule has 0 aliphatic carbocycles. The highest BCUT2D eigenvalue weighted by molar-refractivity contribution is 6.00. The molecule has 5 nitrogen and oxygen atoms in total. The lowest BCUT2D eigenvalue weighted by atomic mass is 9.95. The molecule has 0 unspecified atom stereocenters. The van der Waals surface area contributed by atoms with Gasteiger partial charge in [0.2, 0.25) is 0 Å². The van der Waals surface area contributed by atoms with Crippen LogP contribution in [0, 0.1) is 25.1 Å². The van der Waals surface area contributed by atoms with E-state index in [1.807, 2.05) is 31.4 Å². The molecular formula is C18H14FN5. The Kier molecular flexibility index (Phi) is 3.03. The van der Waals surface area contributed by atoms with Gasteiger partial charge in [-0.25, -0.2) is 8.91 Å². The number of terminal acetylenes is 1. The maximum atomic E-state index is 14.3. The highest BCUT2D eigenvalue weighted by Crippen LogP contribution is 2.35. The van der Waals surface area contributed by atoms with Crippen LogP contribution in [-0.2, 0) is 0 Å². The number of H-pyrrole nitrogens is 1. The van der Waals surface area contributed by atoms with Crippen molar-refractivity contribution < 1.29 is 4.39 Å². The Morgan fingerprint density at radius 1 is 1.33 bits per heavy atom. The molecule has 0 aliphatic rings. The minimum atomic E-state index is -0.308. The number of fused-ring (bicyclic) bond motifs is 2. The normalized spacial score (nSPS) is 11.1. The first-order valence-electron chi connectivity index (χ1n) is 7.43. The van der Waals surface area contributed by atoms with Gasteiger partial charge in [0.1, 0.15) is 17.3 Å². The molecule has 0 saturated heterocycles. The van der Waals surface area contributed by atoms with Crippen LogP contribution in [0.2, 0.25) is 0 Å². The number of anilines is 1. The Balaban J connectivity index is 2.06. The standard InChI is InChI=1S/C18H14FN5/c1-4-14-18-15(22-21-14)9-13(19)10(2)17(18)11-5-6-24-12(7-11)8-16(20-3)23-24/h1,5-9H,2-3H3,(H,20,23)(H,21,22). The van der Waals surface area contributed by atoms with Gasteiger partial charge in [-0.05, 0) is 35.7 Å². The van der Waals surface area contributed by atoms with Crippen molar-refractivity contribution in [2.24, 2.45) is 0 Å². The second-order valence-electron chi connectivity index (χ2n) is 5.56. The molecule has 0 bridgehead atoms. The molecule has 118 valence electrons. The predicted molar refractivity (Wildman–Crippen MR) is 92.5 cm³/mol. The smallest absolute Gasteiger partial charge is 0.148 e. The zero-order chi connectivity index (χ0) is 16.8. The van der Waals surface area contributed by atoms with Crippen LogP contribution in [0.15, 0.2) is 30.5 Å². The average molecular weight is 319 g/mol. The quantitative estimate of drug-likeness (QED) is 0.557. The number of nitrogens with one attached hydrogen (secondary N) is 2. The number of halogens is 1. The van der Waals surface area contributed by atoms with E-state index in [0.29, 0.717) is 16.8 Å². The van der Waals surface area contributed by atoms with E-state index in [2.05, 4.69) is 26.5 Å². The molecule has 1 aromatic carbocycles. The van der Waals surface area contributed by atoms with Crippen LogP contribution in [0.1, 0.15) is 11.3 Å². The fourth-order valence-corrected chi connectivity index (χ4v) is 2.99. The van der Waals surface area contributed by atoms with Crippen LogP contribution in [0.25, 0.3) is 27.5 Å². The van der Waals surface area contributed by atoms with Crippen LogP contribution < -0.4 is 5.32 Å². The molecular weight excluding hydrogens is 305 g/mol. The van der Waals surface area contributed by atoms with Gasteiger partial charge in [-0.15, -0.1) is 6.42 Å². The first-order valence-corrected chi connectivity index (χ1v) is 7.43. The van der Waals surface area contributed by atoms with Crippen LogP contribution in [0.5, 0.6) is 0 Å². The number of aromatic amines is 1. The fraction of sp³-hybridized carbons (Fsp3) is 0.111. The molecule has 4 aromatic rings. The van der Waals surface area contributed by atoms with Gasteiger partial charge in [0.15, 0.2) is 0 Å². The number of aromatic nitrogens is 4. The van der Waals surface area contributed by atoms with Gasteiger partial charge in [-0.2, -0.15) is 10.2 Å². The van der Waals surface area contributed by atoms with Crippen LogP contribution in [-0.4, -0.2) is 26.9 Å². The van der Waals surface area contributed by atoms with Gasteiger partial charge in [0.05, 0.1) is 11.0 Å². The van der Waals surface area contributed by atoms with Gasteiger partial charge in [0, 0.05) is 30.8 Å². The Labute approximate surface area is 137 Å². The lowest BCUT2D eigenvalue weighted by Gasteiger charge is -2.10. The van der Waals surface area contributed by atoms with Crippen LogP contribution >= 0.6 is 0 Å². The molecule has 3 aromatic heterocycles. The average Bonchev–Trinajstić information content (AvgIpc) is 3.18. The number of nitrogens with zero attached hydrogens (tertiary/aromatic N) is 3. The summed E-state index contributed by atoms with van der Waals surface area (Å²) in [6.07, 6.45) is 7.41. The second kappa shape index (κ2) is 5.10. The topological polar surface area (TPSA) is 58.0 Å². The highest BCUT2D eigenvalue weighted by atomic mass is 19.1. The summed E-state index contributed by atoms with van der Waals surface area (Å²) < 4.78 is 16.1. The summed E-state index contributed by atoms with van der Waals surface area (Å²) in [5, 5.41) is 15.1. The van der Waals surface area contributed by atoms with E-state index < -0.39 is 0 Å².